The minimum absolute atomic E-state index is 0.0352. The molecule has 0 saturated heterocycles. The summed E-state index contributed by atoms with van der Waals surface area (Å²) in [6.45, 7) is 2.45. The van der Waals surface area contributed by atoms with Gasteiger partial charge in [0.25, 0.3) is 0 Å². The minimum Gasteiger partial charge on any atom is -0.508 e. The molecule has 0 spiro atoms. The first kappa shape index (κ1) is 36.7. The first-order chi connectivity index (χ1) is 26.2. The van der Waals surface area contributed by atoms with E-state index in [1.807, 2.05) is 54.6 Å². The van der Waals surface area contributed by atoms with Gasteiger partial charge < -0.3 is 29.5 Å². The van der Waals surface area contributed by atoms with Crippen molar-refractivity contribution in [1.82, 2.24) is 0 Å². The maximum absolute atomic E-state index is 13.6. The van der Waals surface area contributed by atoms with Crippen LogP contribution in [0.3, 0.4) is 0 Å². The van der Waals surface area contributed by atoms with E-state index in [0.29, 0.717) is 37.4 Å². The average Bonchev–Trinajstić information content (AvgIpc) is 3.16. The van der Waals surface area contributed by atoms with Gasteiger partial charge in [0.15, 0.2) is 11.5 Å². The normalized spacial score (nSPS) is 20.9. The van der Waals surface area contributed by atoms with Crippen LogP contribution in [0.2, 0.25) is 0 Å². The van der Waals surface area contributed by atoms with Crippen molar-refractivity contribution in [3.8, 4) is 35.0 Å². The molecular weight excluding hydrogens is 677 g/mol. The summed E-state index contributed by atoms with van der Waals surface area (Å²) in [5.74, 6) is 5.43. The predicted molar refractivity (Wildman–Crippen MR) is 212 cm³/mol. The number of ketones is 1. The number of carbonyl (C=O) groups is 1. The Morgan fingerprint density at radius 2 is 1.83 bits per heavy atom. The lowest BCUT2D eigenvalue weighted by atomic mass is 9.80. The van der Waals surface area contributed by atoms with Crippen LogP contribution in [-0.2, 0) is 35.4 Å². The summed E-state index contributed by atoms with van der Waals surface area (Å²) >= 11 is 0. The number of phenols is 2. The smallest absolute Gasteiger partial charge is 0.161 e. The van der Waals surface area contributed by atoms with Crippen LogP contribution in [-0.4, -0.2) is 34.3 Å². The number of methoxy groups -OCH3 is 1. The lowest BCUT2D eigenvalue weighted by molar-refractivity contribution is -0.121. The quantitative estimate of drug-likeness (QED) is 0.123. The second-order valence-corrected chi connectivity index (χ2v) is 14.8. The van der Waals surface area contributed by atoms with Crippen LogP contribution in [0, 0.1) is 23.9 Å². The molecule has 0 radical (unpaired) electrons. The lowest BCUT2D eigenvalue weighted by Crippen LogP contribution is -2.24. The number of aromatic hydroxyl groups is 2. The van der Waals surface area contributed by atoms with Crippen LogP contribution in [0.15, 0.2) is 90.7 Å². The van der Waals surface area contributed by atoms with E-state index in [4.69, 9.17) is 14.2 Å². The molecule has 0 fully saturated rings. The summed E-state index contributed by atoms with van der Waals surface area (Å²) in [4.78, 5) is 13.6. The third kappa shape index (κ3) is 8.44. The number of aliphatic hydroxyl groups excluding tert-OH is 1. The van der Waals surface area contributed by atoms with Gasteiger partial charge in [0.2, 0.25) is 0 Å². The molecule has 0 amide bonds. The Bertz CT molecular complexity index is 2180. The van der Waals surface area contributed by atoms with E-state index in [-0.39, 0.29) is 53.6 Å². The minimum atomic E-state index is -0.490. The number of phenolic OH excluding ortho intramolecular Hbond substituents is 2. The first-order valence-electron chi connectivity index (χ1n) is 19.1. The largest absolute Gasteiger partial charge is 0.508 e. The van der Waals surface area contributed by atoms with Gasteiger partial charge in [-0.1, -0.05) is 67.8 Å². The third-order valence-corrected chi connectivity index (χ3v) is 11.1. The maximum atomic E-state index is 13.6. The molecule has 4 aliphatic rings. The number of benzene rings is 4. The standard InChI is InChI=1S/C47H48O7/c1-30-12-19-40-34-16-20-42-41(44(51)28-43(30)47(40)42)11-6-22-53-39(27-38(50)17-13-32-14-21-45(52-2)46(24-32)54-29-34)26-35-25-37(49)18-15-33(35)9-4-3-7-31-8-5-10-36(48)23-31/h5,8,10,12,14-16,18-21,23-25,28,30,33,35,39,48-49,51H,3-4,7,9,11,13,17,26-27,29H2,1-2H3/t30-,33-,35+,39+/m1/s1. The van der Waals surface area contributed by atoms with E-state index >= 15 is 0 Å². The molecular formula is C47H48O7. The number of carbonyl (C=O) groups excluding carboxylic acids is 1. The molecule has 4 aromatic carbocycles. The highest BCUT2D eigenvalue weighted by Crippen LogP contribution is 2.42. The Kier molecular flexibility index (Phi) is 11.3. The van der Waals surface area contributed by atoms with E-state index in [1.54, 1.807) is 19.3 Å². The molecule has 2 aliphatic heterocycles. The number of rotatable bonds is 8. The zero-order chi connectivity index (χ0) is 37.6. The van der Waals surface area contributed by atoms with Crippen molar-refractivity contribution in [1.29, 1.82) is 0 Å². The lowest BCUT2D eigenvalue weighted by Gasteiger charge is -2.28. The molecule has 54 heavy (non-hydrogen) atoms. The molecule has 0 saturated carbocycles. The van der Waals surface area contributed by atoms with Crippen molar-refractivity contribution >= 4 is 22.6 Å². The zero-order valence-corrected chi connectivity index (χ0v) is 31.0. The average molecular weight is 725 g/mol. The second kappa shape index (κ2) is 16.6. The molecule has 0 aromatic heterocycles. The number of hydrogen-bond donors (Lipinski definition) is 3. The van der Waals surface area contributed by atoms with Gasteiger partial charge in [0.05, 0.1) is 7.11 Å². The highest BCUT2D eigenvalue weighted by molar-refractivity contribution is 6.00. The Morgan fingerprint density at radius 3 is 2.69 bits per heavy atom. The molecule has 8 rings (SSSR count). The van der Waals surface area contributed by atoms with Gasteiger partial charge in [0.1, 0.15) is 41.9 Å². The van der Waals surface area contributed by atoms with Gasteiger partial charge in [-0.2, -0.15) is 0 Å². The Hall–Kier alpha value is -5.61. The number of ether oxygens (including phenoxy) is 3. The van der Waals surface area contributed by atoms with Gasteiger partial charge in [-0.3, -0.25) is 4.79 Å². The third-order valence-electron chi connectivity index (χ3n) is 11.1. The van der Waals surface area contributed by atoms with Crippen LogP contribution in [0.1, 0.15) is 84.7 Å². The molecule has 6 bridgehead atoms. The molecule has 0 unspecified atom stereocenters. The summed E-state index contributed by atoms with van der Waals surface area (Å²) in [5, 5.41) is 33.7. The number of hydrogen-bond acceptors (Lipinski definition) is 7. The summed E-state index contributed by atoms with van der Waals surface area (Å²) in [6.07, 6.45) is 18.0. The van der Waals surface area contributed by atoms with Crippen molar-refractivity contribution < 1.29 is 34.3 Å². The van der Waals surface area contributed by atoms with Gasteiger partial charge in [0, 0.05) is 30.7 Å². The van der Waals surface area contributed by atoms with Gasteiger partial charge in [-0.25, -0.2) is 0 Å². The first-order valence-corrected chi connectivity index (χ1v) is 19.1. The fourth-order valence-corrected chi connectivity index (χ4v) is 8.12. The summed E-state index contributed by atoms with van der Waals surface area (Å²) in [7, 11) is 1.62. The van der Waals surface area contributed by atoms with E-state index in [2.05, 4.69) is 43.2 Å². The zero-order valence-electron chi connectivity index (χ0n) is 31.0. The van der Waals surface area contributed by atoms with Crippen LogP contribution in [0.5, 0.6) is 23.0 Å². The molecule has 7 heteroatoms. The second-order valence-electron chi connectivity index (χ2n) is 14.8. The molecule has 7 nitrogen and oxygen atoms in total. The maximum Gasteiger partial charge on any atom is 0.161 e. The van der Waals surface area contributed by atoms with Crippen LogP contribution < -0.4 is 9.47 Å². The number of Topliss-reactive ketones (excluding diaryl/α,β-unsaturated/α-hetero) is 1. The van der Waals surface area contributed by atoms with Crippen molar-refractivity contribution in [3.63, 3.8) is 0 Å². The number of aliphatic hydroxyl groups is 1. The van der Waals surface area contributed by atoms with Gasteiger partial charge in [-0.15, -0.1) is 0 Å². The number of unbranched alkanes of at least 4 members (excludes halogenated alkanes) is 1. The van der Waals surface area contributed by atoms with Gasteiger partial charge in [-0.05, 0) is 125 Å². The van der Waals surface area contributed by atoms with Crippen LogP contribution >= 0.6 is 0 Å². The highest BCUT2D eigenvalue weighted by Gasteiger charge is 2.27. The Balaban J connectivity index is 1.16. The van der Waals surface area contributed by atoms with E-state index in [0.717, 1.165) is 69.8 Å². The van der Waals surface area contributed by atoms with Crippen molar-refractivity contribution in [3.05, 3.63) is 124 Å². The van der Waals surface area contributed by atoms with Crippen molar-refractivity contribution in [2.45, 2.75) is 83.3 Å². The number of fused-ring (bicyclic) bond motifs is 9. The summed E-state index contributed by atoms with van der Waals surface area (Å²) in [5.41, 5.74) is 5.96. The topological polar surface area (TPSA) is 105 Å². The van der Waals surface area contributed by atoms with E-state index in [9.17, 15) is 20.1 Å². The Labute approximate surface area is 317 Å². The van der Waals surface area contributed by atoms with E-state index < -0.39 is 6.10 Å². The fraction of sp³-hybridized carbons (Fsp3) is 0.340. The van der Waals surface area contributed by atoms with Crippen molar-refractivity contribution in [2.24, 2.45) is 11.8 Å². The molecule has 2 heterocycles. The predicted octanol–water partition coefficient (Wildman–Crippen LogP) is 9.81. The number of aryl methyl sites for hydroxylation is 2. The van der Waals surface area contributed by atoms with Gasteiger partial charge >= 0.3 is 0 Å². The summed E-state index contributed by atoms with van der Waals surface area (Å²) < 4.78 is 18.3. The van der Waals surface area contributed by atoms with Crippen LogP contribution in [0.25, 0.3) is 16.8 Å². The molecule has 4 atom stereocenters. The molecule has 3 N–H and O–H groups in total. The van der Waals surface area contributed by atoms with Crippen LogP contribution in [0.4, 0.5) is 0 Å². The molecule has 2 aliphatic carbocycles. The molecule has 4 aromatic rings. The highest BCUT2D eigenvalue weighted by atomic mass is 16.5. The fourth-order valence-electron chi connectivity index (χ4n) is 8.12. The SMILES string of the molecule is COc1ccc2cc1OCc1ccc3c(c(O)cc4c3c1C=C[C@H]4C)CC#CO[C@@H](C[C@@H]1C=C(O)C=C[C@H]1CCCCc1cccc(O)c1)CC(=O)CC2. The monoisotopic (exact) mass is 724 g/mol. The number of allylic oxidation sites excluding steroid dienone is 4. The van der Waals surface area contributed by atoms with E-state index in [1.165, 1.54) is 0 Å². The Morgan fingerprint density at radius 1 is 0.944 bits per heavy atom. The van der Waals surface area contributed by atoms with Crippen molar-refractivity contribution in [2.75, 3.05) is 7.11 Å². The molecule has 278 valence electrons. The summed E-state index contributed by atoms with van der Waals surface area (Å²) in [6, 6.07) is 19.2.